The van der Waals surface area contributed by atoms with Crippen molar-refractivity contribution in [1.29, 1.82) is 0 Å². The lowest BCUT2D eigenvalue weighted by atomic mass is 9.74. The number of hydrogen-bond donors (Lipinski definition) is 0. The molecule has 0 unspecified atom stereocenters. The van der Waals surface area contributed by atoms with Crippen LogP contribution >= 0.6 is 0 Å². The number of nitrogens with zero attached hydrogens (tertiary/aromatic N) is 2. The lowest BCUT2D eigenvalue weighted by Gasteiger charge is -2.32. The predicted molar refractivity (Wildman–Crippen MR) is 106 cm³/mol. The standard InChI is InChI=1S/C22H32N2O3/c1-6-7-8-9-10-11-19(26)27-18-13-22(4,5)12-17(25)21(18)20-15(2)14-23-24-16(20)3/h14H,6-13H2,1-5H3. The predicted octanol–water partition coefficient (Wildman–Crippen LogP) is 5.10. The van der Waals surface area contributed by atoms with Gasteiger partial charge in [0.15, 0.2) is 5.78 Å². The molecule has 0 aromatic carbocycles. The normalized spacial score (nSPS) is 16.6. The maximum atomic E-state index is 12.9. The topological polar surface area (TPSA) is 69.2 Å². The quantitative estimate of drug-likeness (QED) is 0.469. The molecule has 2 rings (SSSR count). The zero-order valence-corrected chi connectivity index (χ0v) is 17.4. The first-order valence-corrected chi connectivity index (χ1v) is 10.0. The Morgan fingerprint density at radius 1 is 1.15 bits per heavy atom. The maximum Gasteiger partial charge on any atom is 0.310 e. The number of unbranched alkanes of at least 4 members (excludes halogenated alkanes) is 4. The van der Waals surface area contributed by atoms with Crippen molar-refractivity contribution in [3.8, 4) is 0 Å². The number of aromatic nitrogens is 2. The summed E-state index contributed by atoms with van der Waals surface area (Å²) in [5.41, 5.74) is 2.61. The summed E-state index contributed by atoms with van der Waals surface area (Å²) in [4.78, 5) is 25.4. The number of rotatable bonds is 8. The second-order valence-electron chi connectivity index (χ2n) is 8.37. The number of esters is 1. The molecule has 0 spiro atoms. The van der Waals surface area contributed by atoms with Crippen LogP contribution in [0.1, 0.15) is 89.0 Å². The lowest BCUT2D eigenvalue weighted by Crippen LogP contribution is -2.27. The van der Waals surface area contributed by atoms with Gasteiger partial charge in [0, 0.05) is 24.8 Å². The van der Waals surface area contributed by atoms with E-state index in [9.17, 15) is 9.59 Å². The maximum absolute atomic E-state index is 12.9. The molecule has 0 saturated carbocycles. The largest absolute Gasteiger partial charge is 0.430 e. The molecule has 0 atom stereocenters. The first-order valence-electron chi connectivity index (χ1n) is 10.0. The molecule has 148 valence electrons. The molecule has 0 aliphatic heterocycles. The molecule has 1 aromatic heterocycles. The number of carbonyl (C=O) groups is 2. The number of ketones is 1. The van der Waals surface area contributed by atoms with Gasteiger partial charge in [-0.3, -0.25) is 9.59 Å². The molecule has 0 N–H and O–H groups in total. The van der Waals surface area contributed by atoms with Crippen LogP contribution < -0.4 is 0 Å². The van der Waals surface area contributed by atoms with Crippen molar-refractivity contribution in [1.82, 2.24) is 10.2 Å². The summed E-state index contributed by atoms with van der Waals surface area (Å²) in [7, 11) is 0. The van der Waals surface area contributed by atoms with E-state index in [0.717, 1.165) is 30.4 Å². The van der Waals surface area contributed by atoms with Gasteiger partial charge >= 0.3 is 5.97 Å². The van der Waals surface area contributed by atoms with Crippen LogP contribution in [-0.4, -0.2) is 21.9 Å². The monoisotopic (exact) mass is 372 g/mol. The summed E-state index contributed by atoms with van der Waals surface area (Å²) < 4.78 is 5.75. The minimum Gasteiger partial charge on any atom is -0.430 e. The molecule has 0 bridgehead atoms. The Bertz CT molecular complexity index is 715. The van der Waals surface area contributed by atoms with E-state index < -0.39 is 0 Å². The molecule has 0 amide bonds. The number of hydrogen-bond acceptors (Lipinski definition) is 5. The zero-order valence-electron chi connectivity index (χ0n) is 17.4. The molecule has 0 saturated heterocycles. The van der Waals surface area contributed by atoms with Crippen molar-refractivity contribution >= 4 is 17.3 Å². The molecule has 1 heterocycles. The van der Waals surface area contributed by atoms with Crippen molar-refractivity contribution in [2.24, 2.45) is 5.41 Å². The second kappa shape index (κ2) is 9.25. The Labute approximate surface area is 162 Å². The van der Waals surface area contributed by atoms with Gasteiger partial charge < -0.3 is 4.74 Å². The van der Waals surface area contributed by atoms with Gasteiger partial charge in [0.1, 0.15) is 5.76 Å². The number of carbonyl (C=O) groups excluding carboxylic acids is 2. The van der Waals surface area contributed by atoms with E-state index in [2.05, 4.69) is 17.1 Å². The van der Waals surface area contributed by atoms with E-state index in [1.807, 2.05) is 27.7 Å². The first-order chi connectivity index (χ1) is 12.7. The van der Waals surface area contributed by atoms with Crippen LogP contribution in [0.2, 0.25) is 0 Å². The molecule has 5 nitrogen and oxygen atoms in total. The molecule has 27 heavy (non-hydrogen) atoms. The van der Waals surface area contributed by atoms with E-state index in [4.69, 9.17) is 4.74 Å². The second-order valence-corrected chi connectivity index (χ2v) is 8.37. The third kappa shape index (κ3) is 5.72. The highest BCUT2D eigenvalue weighted by Crippen LogP contribution is 2.42. The Morgan fingerprint density at radius 2 is 1.85 bits per heavy atom. The summed E-state index contributed by atoms with van der Waals surface area (Å²) in [6.07, 6.45) is 8.41. The van der Waals surface area contributed by atoms with E-state index in [1.165, 1.54) is 12.8 Å². The van der Waals surface area contributed by atoms with Gasteiger partial charge in [-0.15, -0.1) is 0 Å². The number of Topliss-reactive ketones (excluding diaryl/α,β-unsaturated/α-hetero) is 1. The van der Waals surface area contributed by atoms with Crippen LogP contribution in [0.5, 0.6) is 0 Å². The number of ether oxygens (including phenoxy) is 1. The average Bonchev–Trinajstić information content (AvgIpc) is 2.55. The van der Waals surface area contributed by atoms with Crippen LogP contribution in [0.15, 0.2) is 12.0 Å². The van der Waals surface area contributed by atoms with Crippen LogP contribution in [-0.2, 0) is 14.3 Å². The number of allylic oxidation sites excluding steroid dienone is 2. The van der Waals surface area contributed by atoms with Gasteiger partial charge in [-0.05, 0) is 31.2 Å². The number of aryl methyl sites for hydroxylation is 2. The SMILES string of the molecule is CCCCCCCC(=O)OC1=C(c2c(C)cnnc2C)C(=O)CC(C)(C)C1. The van der Waals surface area contributed by atoms with E-state index >= 15 is 0 Å². The van der Waals surface area contributed by atoms with E-state index in [0.29, 0.717) is 36.3 Å². The summed E-state index contributed by atoms with van der Waals surface area (Å²) >= 11 is 0. The molecular weight excluding hydrogens is 340 g/mol. The van der Waals surface area contributed by atoms with Gasteiger partial charge in [-0.1, -0.05) is 46.5 Å². The van der Waals surface area contributed by atoms with Crippen molar-refractivity contribution in [3.05, 3.63) is 28.8 Å². The van der Waals surface area contributed by atoms with Crippen molar-refractivity contribution in [2.45, 2.75) is 86.0 Å². The van der Waals surface area contributed by atoms with Crippen LogP contribution in [0.4, 0.5) is 0 Å². The average molecular weight is 373 g/mol. The van der Waals surface area contributed by atoms with Crippen LogP contribution in [0.25, 0.3) is 5.57 Å². The van der Waals surface area contributed by atoms with Gasteiger partial charge in [0.05, 0.1) is 17.5 Å². The third-order valence-corrected chi connectivity index (χ3v) is 5.02. The molecule has 1 aliphatic carbocycles. The molecule has 1 aromatic rings. The summed E-state index contributed by atoms with van der Waals surface area (Å²) in [5, 5.41) is 8.05. The van der Waals surface area contributed by atoms with Crippen LogP contribution in [0.3, 0.4) is 0 Å². The summed E-state index contributed by atoms with van der Waals surface area (Å²) in [6, 6.07) is 0. The Morgan fingerprint density at radius 3 is 2.52 bits per heavy atom. The Kier molecular flexibility index (Phi) is 7.28. The Hall–Kier alpha value is -2.04. The fourth-order valence-electron chi connectivity index (χ4n) is 3.67. The van der Waals surface area contributed by atoms with Gasteiger partial charge in [0.25, 0.3) is 0 Å². The molecule has 1 aliphatic rings. The van der Waals surface area contributed by atoms with Crippen molar-refractivity contribution in [2.75, 3.05) is 0 Å². The highest BCUT2D eigenvalue weighted by atomic mass is 16.5. The highest BCUT2D eigenvalue weighted by molar-refractivity contribution is 6.23. The van der Waals surface area contributed by atoms with Crippen molar-refractivity contribution in [3.63, 3.8) is 0 Å². The fraction of sp³-hybridized carbons (Fsp3) is 0.636. The molecular formula is C22H32N2O3. The Balaban J connectivity index is 2.26. The molecule has 0 fully saturated rings. The summed E-state index contributed by atoms with van der Waals surface area (Å²) in [6.45, 7) is 9.98. The van der Waals surface area contributed by atoms with Crippen LogP contribution in [0, 0.1) is 19.3 Å². The zero-order chi connectivity index (χ0) is 20.0. The van der Waals surface area contributed by atoms with Gasteiger partial charge in [-0.2, -0.15) is 10.2 Å². The van der Waals surface area contributed by atoms with Gasteiger partial charge in [-0.25, -0.2) is 0 Å². The fourth-order valence-corrected chi connectivity index (χ4v) is 3.67. The lowest BCUT2D eigenvalue weighted by molar-refractivity contribution is -0.140. The van der Waals surface area contributed by atoms with E-state index in [1.54, 1.807) is 6.20 Å². The van der Waals surface area contributed by atoms with Gasteiger partial charge in [0.2, 0.25) is 0 Å². The van der Waals surface area contributed by atoms with E-state index in [-0.39, 0.29) is 17.2 Å². The minimum absolute atomic E-state index is 0.0104. The van der Waals surface area contributed by atoms with Crippen molar-refractivity contribution < 1.29 is 14.3 Å². The first kappa shape index (κ1) is 21.3. The summed E-state index contributed by atoms with van der Waals surface area (Å²) in [5.74, 6) is 0.257. The molecule has 0 radical (unpaired) electrons. The smallest absolute Gasteiger partial charge is 0.310 e. The molecule has 5 heteroatoms. The highest BCUT2D eigenvalue weighted by Gasteiger charge is 2.36. The minimum atomic E-state index is -0.248. The third-order valence-electron chi connectivity index (χ3n) is 5.02.